The molecule has 0 aromatic carbocycles. The molecule has 3 heteroatoms. The van der Waals surface area contributed by atoms with E-state index >= 15 is 0 Å². The van der Waals surface area contributed by atoms with Crippen LogP contribution in [0.2, 0.25) is 0 Å². The molecule has 0 spiro atoms. The number of likely N-dealkylation sites (N-methyl/N-ethyl adjacent to an activating group) is 1. The highest BCUT2D eigenvalue weighted by molar-refractivity contribution is 5.14. The summed E-state index contributed by atoms with van der Waals surface area (Å²) in [5.41, 5.74) is 1.37. The molecule has 0 radical (unpaired) electrons. The Bertz CT molecular complexity index is 316. The number of ether oxygens (including phenoxy) is 1. The van der Waals surface area contributed by atoms with Gasteiger partial charge < -0.3 is 10.1 Å². The van der Waals surface area contributed by atoms with Crippen molar-refractivity contribution in [1.82, 2.24) is 10.3 Å². The number of rotatable bonds is 5. The van der Waals surface area contributed by atoms with E-state index in [1.54, 1.807) is 0 Å². The van der Waals surface area contributed by atoms with Crippen molar-refractivity contribution in [3.05, 3.63) is 30.1 Å². The van der Waals surface area contributed by atoms with E-state index in [1.165, 1.54) is 24.8 Å². The third kappa shape index (κ3) is 2.11. The Morgan fingerprint density at radius 2 is 2.12 bits per heavy atom. The van der Waals surface area contributed by atoms with Gasteiger partial charge in [-0.05, 0) is 50.4 Å². The molecule has 0 amide bonds. The first-order valence-electron chi connectivity index (χ1n) is 5.92. The topological polar surface area (TPSA) is 34.2 Å². The summed E-state index contributed by atoms with van der Waals surface area (Å²) < 4.78 is 5.72. The molecule has 1 saturated carbocycles. The minimum Gasteiger partial charge on any atom is -0.377 e. The van der Waals surface area contributed by atoms with E-state index in [9.17, 15) is 0 Å². The van der Waals surface area contributed by atoms with Gasteiger partial charge in [0.1, 0.15) is 0 Å². The van der Waals surface area contributed by atoms with Gasteiger partial charge in [-0.1, -0.05) is 0 Å². The average Bonchev–Trinajstić information content (AvgIpc) is 2.28. The number of pyridine rings is 1. The average molecular weight is 220 g/mol. The van der Waals surface area contributed by atoms with Crippen LogP contribution in [0.15, 0.2) is 24.5 Å². The highest BCUT2D eigenvalue weighted by atomic mass is 16.5. The third-order valence-corrected chi connectivity index (χ3v) is 3.78. The van der Waals surface area contributed by atoms with Gasteiger partial charge >= 0.3 is 0 Å². The van der Waals surface area contributed by atoms with Gasteiger partial charge in [-0.3, -0.25) is 4.98 Å². The van der Waals surface area contributed by atoms with Crippen molar-refractivity contribution in [1.29, 1.82) is 0 Å². The van der Waals surface area contributed by atoms with Crippen LogP contribution < -0.4 is 5.32 Å². The minimum atomic E-state index is 0.0536. The largest absolute Gasteiger partial charge is 0.377 e. The molecule has 0 saturated heterocycles. The normalized spacial score (nSPS) is 20.1. The fraction of sp³-hybridized carbons (Fsp3) is 0.615. The molecule has 3 nitrogen and oxygen atoms in total. The quantitative estimate of drug-likeness (QED) is 0.821. The zero-order chi connectivity index (χ0) is 11.4. The molecule has 2 rings (SSSR count). The molecule has 1 aliphatic carbocycles. The van der Waals surface area contributed by atoms with Crippen molar-refractivity contribution in [2.24, 2.45) is 0 Å². The maximum Gasteiger partial charge on any atom is 0.0834 e. The summed E-state index contributed by atoms with van der Waals surface area (Å²) in [5, 5.41) is 3.40. The number of hydrogen-bond acceptors (Lipinski definition) is 3. The molecule has 1 atom stereocenters. The first-order valence-corrected chi connectivity index (χ1v) is 5.92. The molecule has 1 aliphatic rings. The molecule has 1 unspecified atom stereocenters. The number of aromatic nitrogens is 1. The summed E-state index contributed by atoms with van der Waals surface area (Å²) in [4.78, 5) is 4.04. The Kier molecular flexibility index (Phi) is 3.56. The van der Waals surface area contributed by atoms with Gasteiger partial charge in [0.2, 0.25) is 0 Å². The monoisotopic (exact) mass is 220 g/mol. The lowest BCUT2D eigenvalue weighted by Gasteiger charge is -2.46. The van der Waals surface area contributed by atoms with Gasteiger partial charge in [0.05, 0.1) is 5.60 Å². The van der Waals surface area contributed by atoms with Crippen molar-refractivity contribution in [2.75, 3.05) is 14.2 Å². The van der Waals surface area contributed by atoms with Gasteiger partial charge in [-0.15, -0.1) is 0 Å². The van der Waals surface area contributed by atoms with Crippen LogP contribution in [0.4, 0.5) is 0 Å². The Labute approximate surface area is 97.2 Å². The molecular weight excluding hydrogens is 200 g/mol. The number of nitrogens with one attached hydrogen (secondary N) is 1. The maximum absolute atomic E-state index is 5.72. The Morgan fingerprint density at radius 1 is 1.44 bits per heavy atom. The smallest absolute Gasteiger partial charge is 0.0834 e. The van der Waals surface area contributed by atoms with E-state index < -0.39 is 0 Å². The summed E-state index contributed by atoms with van der Waals surface area (Å²) in [6.45, 7) is 0. The standard InChI is InChI=1S/C13H20N2O/c1-14-12(13(16-2)6-3-7-13)10-11-4-8-15-9-5-11/h4-5,8-9,12,14H,3,6-7,10H2,1-2H3. The second kappa shape index (κ2) is 4.93. The second-order valence-corrected chi connectivity index (χ2v) is 4.52. The van der Waals surface area contributed by atoms with Crippen molar-refractivity contribution < 1.29 is 4.74 Å². The molecule has 0 aliphatic heterocycles. The van der Waals surface area contributed by atoms with Crippen LogP contribution in [0.25, 0.3) is 0 Å². The highest BCUT2D eigenvalue weighted by Gasteiger charge is 2.43. The fourth-order valence-electron chi connectivity index (χ4n) is 2.53. The van der Waals surface area contributed by atoms with Gasteiger partial charge in [0, 0.05) is 25.5 Å². The van der Waals surface area contributed by atoms with E-state index in [4.69, 9.17) is 4.74 Å². The highest BCUT2D eigenvalue weighted by Crippen LogP contribution is 2.38. The third-order valence-electron chi connectivity index (χ3n) is 3.78. The van der Waals surface area contributed by atoms with Gasteiger partial charge in [0.15, 0.2) is 0 Å². The number of hydrogen-bond donors (Lipinski definition) is 1. The predicted molar refractivity (Wildman–Crippen MR) is 64.4 cm³/mol. The fourth-order valence-corrected chi connectivity index (χ4v) is 2.53. The van der Waals surface area contributed by atoms with Crippen LogP contribution in [0.5, 0.6) is 0 Å². The molecule has 88 valence electrons. The molecule has 0 bridgehead atoms. The van der Waals surface area contributed by atoms with Crippen LogP contribution in [0.1, 0.15) is 24.8 Å². The maximum atomic E-state index is 5.72. The molecular formula is C13H20N2O. The van der Waals surface area contributed by atoms with E-state index in [1.807, 2.05) is 26.6 Å². The second-order valence-electron chi connectivity index (χ2n) is 4.52. The van der Waals surface area contributed by atoms with E-state index in [-0.39, 0.29) is 5.60 Å². The predicted octanol–water partition coefficient (Wildman–Crippen LogP) is 1.78. The van der Waals surface area contributed by atoms with Crippen LogP contribution in [-0.4, -0.2) is 30.8 Å². The zero-order valence-corrected chi connectivity index (χ0v) is 10.1. The summed E-state index contributed by atoms with van der Waals surface area (Å²) >= 11 is 0. The summed E-state index contributed by atoms with van der Waals surface area (Å²) in [6.07, 6.45) is 8.32. The summed E-state index contributed by atoms with van der Waals surface area (Å²) in [7, 11) is 3.85. The first-order chi connectivity index (χ1) is 7.80. The van der Waals surface area contributed by atoms with Crippen LogP contribution in [0, 0.1) is 0 Å². The van der Waals surface area contributed by atoms with Crippen molar-refractivity contribution in [2.45, 2.75) is 37.3 Å². The minimum absolute atomic E-state index is 0.0536. The summed E-state index contributed by atoms with van der Waals surface area (Å²) in [6, 6.07) is 4.55. The van der Waals surface area contributed by atoms with Gasteiger partial charge in [-0.2, -0.15) is 0 Å². The van der Waals surface area contributed by atoms with E-state index in [0.29, 0.717) is 6.04 Å². The number of methoxy groups -OCH3 is 1. The van der Waals surface area contributed by atoms with Crippen LogP contribution in [-0.2, 0) is 11.2 Å². The molecule has 1 aromatic heterocycles. The molecule has 1 aromatic rings. The van der Waals surface area contributed by atoms with E-state index in [2.05, 4.69) is 22.4 Å². The first kappa shape index (κ1) is 11.6. The Balaban J connectivity index is 2.06. The van der Waals surface area contributed by atoms with E-state index in [0.717, 1.165) is 6.42 Å². The lowest BCUT2D eigenvalue weighted by atomic mass is 9.72. The molecule has 1 N–H and O–H groups in total. The van der Waals surface area contributed by atoms with Gasteiger partial charge in [0.25, 0.3) is 0 Å². The summed E-state index contributed by atoms with van der Waals surface area (Å²) in [5.74, 6) is 0. The van der Waals surface area contributed by atoms with Crippen molar-refractivity contribution >= 4 is 0 Å². The van der Waals surface area contributed by atoms with Crippen molar-refractivity contribution in [3.8, 4) is 0 Å². The van der Waals surface area contributed by atoms with Crippen LogP contribution >= 0.6 is 0 Å². The Morgan fingerprint density at radius 3 is 2.56 bits per heavy atom. The zero-order valence-electron chi connectivity index (χ0n) is 10.1. The van der Waals surface area contributed by atoms with Gasteiger partial charge in [-0.25, -0.2) is 0 Å². The molecule has 1 heterocycles. The lowest BCUT2D eigenvalue weighted by Crippen LogP contribution is -2.56. The molecule has 16 heavy (non-hydrogen) atoms. The molecule has 1 fully saturated rings. The number of nitrogens with zero attached hydrogens (tertiary/aromatic N) is 1. The Hall–Kier alpha value is -0.930. The van der Waals surface area contributed by atoms with Crippen LogP contribution in [0.3, 0.4) is 0 Å². The SMILES string of the molecule is CNC(Cc1ccncc1)C1(OC)CCC1. The van der Waals surface area contributed by atoms with Crippen molar-refractivity contribution in [3.63, 3.8) is 0 Å². The lowest BCUT2D eigenvalue weighted by molar-refractivity contribution is -0.0966.